The van der Waals surface area contributed by atoms with Crippen molar-refractivity contribution in [1.29, 1.82) is 0 Å². The van der Waals surface area contributed by atoms with Crippen LogP contribution in [-0.2, 0) is 16.1 Å². The molecule has 1 heterocycles. The number of benzene rings is 1. The molecule has 0 aromatic heterocycles. The van der Waals surface area contributed by atoms with Crippen molar-refractivity contribution >= 4 is 11.8 Å². The van der Waals surface area contributed by atoms with Crippen LogP contribution in [0.3, 0.4) is 0 Å². The molecular formula is C17H24N2O2. The van der Waals surface area contributed by atoms with Gasteiger partial charge < -0.3 is 10.2 Å². The number of aryl methyl sites for hydroxylation is 1. The Kier molecular flexibility index (Phi) is 4.99. The molecule has 1 N–H and O–H groups in total. The van der Waals surface area contributed by atoms with E-state index in [9.17, 15) is 9.59 Å². The number of rotatable bonds is 5. The average molecular weight is 288 g/mol. The largest absolute Gasteiger partial charge is 0.352 e. The van der Waals surface area contributed by atoms with Crippen LogP contribution in [0.5, 0.6) is 0 Å². The lowest BCUT2D eigenvalue weighted by atomic mass is 10.1. The Morgan fingerprint density at radius 2 is 2.24 bits per heavy atom. The van der Waals surface area contributed by atoms with Crippen LogP contribution in [0.25, 0.3) is 0 Å². The van der Waals surface area contributed by atoms with Gasteiger partial charge in [0, 0.05) is 25.6 Å². The van der Waals surface area contributed by atoms with Gasteiger partial charge in [0.25, 0.3) is 0 Å². The highest BCUT2D eigenvalue weighted by molar-refractivity contribution is 5.89. The quantitative estimate of drug-likeness (QED) is 0.903. The molecule has 0 bridgehead atoms. The second-order valence-corrected chi connectivity index (χ2v) is 5.91. The first kappa shape index (κ1) is 15.5. The number of likely N-dealkylation sites (tertiary alicyclic amines) is 1. The van der Waals surface area contributed by atoms with Crippen molar-refractivity contribution < 1.29 is 9.59 Å². The third kappa shape index (κ3) is 3.84. The minimum absolute atomic E-state index is 0.0179. The Morgan fingerprint density at radius 1 is 1.48 bits per heavy atom. The summed E-state index contributed by atoms with van der Waals surface area (Å²) in [7, 11) is 0. The molecule has 1 aliphatic heterocycles. The standard InChI is InChI=1S/C17H24N2O2/c1-4-13(3)19-11-15(9-16(19)20)17(21)18-10-14-7-5-6-12(2)8-14/h5-8,13,15H,4,9-11H2,1-3H3,(H,18,21). The van der Waals surface area contributed by atoms with Crippen molar-refractivity contribution in [3.63, 3.8) is 0 Å². The molecule has 0 aliphatic carbocycles. The van der Waals surface area contributed by atoms with E-state index in [0.29, 0.717) is 19.5 Å². The molecule has 2 rings (SSSR count). The Hall–Kier alpha value is -1.84. The van der Waals surface area contributed by atoms with Crippen LogP contribution in [0, 0.1) is 12.8 Å². The van der Waals surface area contributed by atoms with Crippen LogP contribution in [-0.4, -0.2) is 29.3 Å². The maximum absolute atomic E-state index is 12.2. The van der Waals surface area contributed by atoms with Crippen LogP contribution in [0.15, 0.2) is 24.3 Å². The van der Waals surface area contributed by atoms with E-state index < -0.39 is 0 Å². The topological polar surface area (TPSA) is 49.4 Å². The van der Waals surface area contributed by atoms with E-state index in [1.165, 1.54) is 5.56 Å². The highest BCUT2D eigenvalue weighted by Crippen LogP contribution is 2.21. The molecule has 0 saturated carbocycles. The van der Waals surface area contributed by atoms with Gasteiger partial charge in [-0.05, 0) is 25.8 Å². The van der Waals surface area contributed by atoms with E-state index in [-0.39, 0.29) is 23.8 Å². The summed E-state index contributed by atoms with van der Waals surface area (Å²) < 4.78 is 0. The molecular weight excluding hydrogens is 264 g/mol. The van der Waals surface area contributed by atoms with E-state index in [1.54, 1.807) is 0 Å². The first-order valence-corrected chi connectivity index (χ1v) is 7.64. The second-order valence-electron chi connectivity index (χ2n) is 5.91. The molecule has 2 amide bonds. The summed E-state index contributed by atoms with van der Waals surface area (Å²) in [4.78, 5) is 26.0. The van der Waals surface area contributed by atoms with Crippen molar-refractivity contribution in [3.05, 3.63) is 35.4 Å². The van der Waals surface area contributed by atoms with Gasteiger partial charge in [-0.3, -0.25) is 9.59 Å². The maximum Gasteiger partial charge on any atom is 0.225 e. The second kappa shape index (κ2) is 6.74. The molecule has 21 heavy (non-hydrogen) atoms. The lowest BCUT2D eigenvalue weighted by molar-refractivity contribution is -0.130. The van der Waals surface area contributed by atoms with Gasteiger partial charge in [0.05, 0.1) is 5.92 Å². The van der Waals surface area contributed by atoms with Gasteiger partial charge in [0.1, 0.15) is 0 Å². The number of carbonyl (C=O) groups is 2. The summed E-state index contributed by atoms with van der Waals surface area (Å²) in [5.41, 5.74) is 2.27. The van der Waals surface area contributed by atoms with Gasteiger partial charge in [-0.25, -0.2) is 0 Å². The smallest absolute Gasteiger partial charge is 0.225 e. The molecule has 4 heteroatoms. The minimum Gasteiger partial charge on any atom is -0.352 e. The molecule has 2 unspecified atom stereocenters. The van der Waals surface area contributed by atoms with Crippen molar-refractivity contribution in [2.75, 3.05) is 6.54 Å². The molecule has 1 fully saturated rings. The zero-order chi connectivity index (χ0) is 15.4. The zero-order valence-corrected chi connectivity index (χ0v) is 13.1. The van der Waals surface area contributed by atoms with E-state index in [4.69, 9.17) is 0 Å². The van der Waals surface area contributed by atoms with Gasteiger partial charge in [-0.15, -0.1) is 0 Å². The molecule has 1 aromatic carbocycles. The van der Waals surface area contributed by atoms with Crippen LogP contribution in [0.2, 0.25) is 0 Å². The third-order valence-electron chi connectivity index (χ3n) is 4.20. The van der Waals surface area contributed by atoms with E-state index in [2.05, 4.69) is 18.3 Å². The number of carbonyl (C=O) groups excluding carboxylic acids is 2. The molecule has 0 radical (unpaired) electrons. The number of nitrogens with one attached hydrogen (secondary N) is 1. The van der Waals surface area contributed by atoms with Crippen LogP contribution >= 0.6 is 0 Å². The average Bonchev–Trinajstić information content (AvgIpc) is 2.86. The fraction of sp³-hybridized carbons (Fsp3) is 0.529. The fourth-order valence-electron chi connectivity index (χ4n) is 2.71. The monoisotopic (exact) mass is 288 g/mol. The Morgan fingerprint density at radius 3 is 2.90 bits per heavy atom. The summed E-state index contributed by atoms with van der Waals surface area (Å²) in [6.07, 6.45) is 1.26. The van der Waals surface area contributed by atoms with E-state index in [0.717, 1.165) is 12.0 Å². The summed E-state index contributed by atoms with van der Waals surface area (Å²) in [5, 5.41) is 2.95. The molecule has 1 saturated heterocycles. The van der Waals surface area contributed by atoms with Crippen molar-refractivity contribution in [3.8, 4) is 0 Å². The van der Waals surface area contributed by atoms with Crippen LogP contribution in [0.1, 0.15) is 37.8 Å². The predicted molar refractivity (Wildman–Crippen MR) is 82.6 cm³/mol. The molecule has 2 atom stereocenters. The first-order chi connectivity index (χ1) is 10.0. The van der Waals surface area contributed by atoms with Crippen molar-refractivity contribution in [2.24, 2.45) is 5.92 Å². The summed E-state index contributed by atoms with van der Waals surface area (Å²) >= 11 is 0. The Labute approximate surface area is 126 Å². The SMILES string of the molecule is CCC(C)N1CC(C(=O)NCc2cccc(C)c2)CC1=O. The highest BCUT2D eigenvalue weighted by atomic mass is 16.2. The summed E-state index contributed by atoms with van der Waals surface area (Å²) in [6.45, 7) is 7.20. The number of hydrogen-bond acceptors (Lipinski definition) is 2. The van der Waals surface area contributed by atoms with E-state index in [1.807, 2.05) is 36.9 Å². The van der Waals surface area contributed by atoms with Crippen molar-refractivity contribution in [1.82, 2.24) is 10.2 Å². The van der Waals surface area contributed by atoms with Crippen LogP contribution < -0.4 is 5.32 Å². The van der Waals surface area contributed by atoms with Gasteiger partial charge >= 0.3 is 0 Å². The van der Waals surface area contributed by atoms with Gasteiger partial charge in [-0.2, -0.15) is 0 Å². The molecule has 0 spiro atoms. The molecule has 114 valence electrons. The minimum atomic E-state index is -0.212. The lowest BCUT2D eigenvalue weighted by Gasteiger charge is -2.23. The molecule has 1 aromatic rings. The predicted octanol–water partition coefficient (Wildman–Crippen LogP) is 2.26. The van der Waals surface area contributed by atoms with Gasteiger partial charge in [0.2, 0.25) is 11.8 Å². The first-order valence-electron chi connectivity index (χ1n) is 7.64. The summed E-state index contributed by atoms with van der Waals surface area (Å²) in [6, 6.07) is 8.29. The van der Waals surface area contributed by atoms with Gasteiger partial charge in [0.15, 0.2) is 0 Å². The van der Waals surface area contributed by atoms with Gasteiger partial charge in [-0.1, -0.05) is 36.8 Å². The summed E-state index contributed by atoms with van der Waals surface area (Å²) in [5.74, 6) is -0.132. The number of amides is 2. The van der Waals surface area contributed by atoms with Crippen LogP contribution in [0.4, 0.5) is 0 Å². The highest BCUT2D eigenvalue weighted by Gasteiger charge is 2.35. The Bertz CT molecular complexity index is 527. The normalized spacial score (nSPS) is 19.7. The van der Waals surface area contributed by atoms with Crippen molar-refractivity contribution in [2.45, 2.75) is 46.2 Å². The lowest BCUT2D eigenvalue weighted by Crippen LogP contribution is -2.36. The Balaban J connectivity index is 1.88. The third-order valence-corrected chi connectivity index (χ3v) is 4.20. The molecule has 4 nitrogen and oxygen atoms in total. The fourth-order valence-corrected chi connectivity index (χ4v) is 2.71. The zero-order valence-electron chi connectivity index (χ0n) is 13.1. The number of nitrogens with zero attached hydrogens (tertiary/aromatic N) is 1. The number of hydrogen-bond donors (Lipinski definition) is 1. The molecule has 1 aliphatic rings. The maximum atomic E-state index is 12.2. The van der Waals surface area contributed by atoms with E-state index >= 15 is 0 Å².